The van der Waals surface area contributed by atoms with Gasteiger partial charge in [0.25, 0.3) is 0 Å². The van der Waals surface area contributed by atoms with Gasteiger partial charge in [-0.2, -0.15) is 0 Å². The van der Waals surface area contributed by atoms with Crippen LogP contribution in [0.25, 0.3) is 0 Å². The lowest BCUT2D eigenvalue weighted by Crippen LogP contribution is -2.24. The Balaban J connectivity index is 2.19. The van der Waals surface area contributed by atoms with E-state index in [2.05, 4.69) is 4.72 Å². The highest BCUT2D eigenvalue weighted by molar-refractivity contribution is 7.89. The molecule has 2 aromatic carbocycles. The highest BCUT2D eigenvalue weighted by atomic mass is 32.2. The van der Waals surface area contributed by atoms with Crippen LogP contribution in [0.1, 0.15) is 11.1 Å². The molecule has 0 heterocycles. The molecule has 0 bridgehead atoms. The van der Waals surface area contributed by atoms with Gasteiger partial charge in [0.2, 0.25) is 10.0 Å². The molecule has 0 fully saturated rings. The number of benzene rings is 2. The third-order valence-electron chi connectivity index (χ3n) is 2.88. The van der Waals surface area contributed by atoms with Gasteiger partial charge in [-0.05, 0) is 29.3 Å². The molecule has 0 atom stereocenters. The lowest BCUT2D eigenvalue weighted by atomic mass is 10.1. The number of nitrogens with one attached hydrogen (secondary N) is 1. The zero-order valence-electron chi connectivity index (χ0n) is 11.0. The van der Waals surface area contributed by atoms with Gasteiger partial charge in [-0.1, -0.05) is 24.3 Å². The molecule has 0 amide bonds. The Hall–Kier alpha value is -1.83. The van der Waals surface area contributed by atoms with E-state index >= 15 is 0 Å². The van der Waals surface area contributed by atoms with Crippen molar-refractivity contribution in [2.24, 2.45) is 5.73 Å². The third kappa shape index (κ3) is 3.84. The summed E-state index contributed by atoms with van der Waals surface area (Å²) >= 11 is 0. The molecule has 7 heteroatoms. The first-order valence-electron chi connectivity index (χ1n) is 6.15. The van der Waals surface area contributed by atoms with Gasteiger partial charge in [-0.3, -0.25) is 0 Å². The van der Waals surface area contributed by atoms with E-state index in [0.29, 0.717) is 18.2 Å². The Bertz CT molecular complexity index is 748. The van der Waals surface area contributed by atoms with Gasteiger partial charge in [-0.25, -0.2) is 21.9 Å². The van der Waals surface area contributed by atoms with E-state index in [0.717, 1.165) is 17.7 Å². The first-order chi connectivity index (χ1) is 9.92. The van der Waals surface area contributed by atoms with E-state index in [1.54, 1.807) is 18.2 Å². The summed E-state index contributed by atoms with van der Waals surface area (Å²) in [5.74, 6) is -1.82. The van der Waals surface area contributed by atoms with Crippen molar-refractivity contribution in [3.8, 4) is 0 Å². The topological polar surface area (TPSA) is 72.2 Å². The van der Waals surface area contributed by atoms with Crippen molar-refractivity contribution < 1.29 is 17.2 Å². The van der Waals surface area contributed by atoms with E-state index in [-0.39, 0.29) is 6.54 Å². The molecule has 4 nitrogen and oxygen atoms in total. The van der Waals surface area contributed by atoms with E-state index in [9.17, 15) is 17.2 Å². The van der Waals surface area contributed by atoms with Gasteiger partial charge in [0, 0.05) is 13.1 Å². The quantitative estimate of drug-likeness (QED) is 0.886. The number of hydrogen-bond acceptors (Lipinski definition) is 3. The number of nitrogens with two attached hydrogens (primary N) is 1. The van der Waals surface area contributed by atoms with Gasteiger partial charge in [-0.15, -0.1) is 0 Å². The van der Waals surface area contributed by atoms with Crippen molar-refractivity contribution in [3.63, 3.8) is 0 Å². The second kappa shape index (κ2) is 6.30. The second-order valence-corrected chi connectivity index (χ2v) is 6.16. The maximum Gasteiger partial charge on any atom is 0.243 e. The van der Waals surface area contributed by atoms with Crippen molar-refractivity contribution in [1.82, 2.24) is 4.72 Å². The molecule has 0 aromatic heterocycles. The second-order valence-electron chi connectivity index (χ2n) is 4.42. The standard InChI is InChI=1S/C14H14F2N2O2S/c15-12-4-5-13(16)14(7-12)21(19,20)18-9-11-3-1-2-10(6-11)8-17/h1-7,18H,8-9,17H2. The molecule has 0 saturated heterocycles. The average molecular weight is 312 g/mol. The normalized spacial score (nSPS) is 11.6. The number of hydrogen-bond donors (Lipinski definition) is 2. The predicted octanol–water partition coefficient (Wildman–Crippen LogP) is 1.90. The SMILES string of the molecule is NCc1cccc(CNS(=O)(=O)c2cc(F)ccc2F)c1. The van der Waals surface area contributed by atoms with Crippen molar-refractivity contribution >= 4 is 10.0 Å². The Morgan fingerprint density at radius 3 is 2.48 bits per heavy atom. The Kier molecular flexibility index (Phi) is 4.66. The van der Waals surface area contributed by atoms with Gasteiger partial charge < -0.3 is 5.73 Å². The first-order valence-corrected chi connectivity index (χ1v) is 7.63. The minimum Gasteiger partial charge on any atom is -0.326 e. The molecule has 0 aliphatic rings. The average Bonchev–Trinajstić information content (AvgIpc) is 2.48. The molecule has 2 aromatic rings. The summed E-state index contributed by atoms with van der Waals surface area (Å²) in [4.78, 5) is -0.711. The maximum absolute atomic E-state index is 13.5. The van der Waals surface area contributed by atoms with Gasteiger partial charge in [0.05, 0.1) is 0 Å². The van der Waals surface area contributed by atoms with Crippen LogP contribution in [0, 0.1) is 11.6 Å². The lowest BCUT2D eigenvalue weighted by Gasteiger charge is -2.08. The van der Waals surface area contributed by atoms with Crippen LogP contribution in [0.3, 0.4) is 0 Å². The Morgan fingerprint density at radius 2 is 1.76 bits per heavy atom. The minimum atomic E-state index is -4.13. The summed E-state index contributed by atoms with van der Waals surface area (Å²) in [7, 11) is -4.13. The lowest BCUT2D eigenvalue weighted by molar-refractivity contribution is 0.545. The van der Waals surface area contributed by atoms with E-state index in [1.807, 2.05) is 6.07 Å². The van der Waals surface area contributed by atoms with Crippen molar-refractivity contribution in [2.45, 2.75) is 18.0 Å². The van der Waals surface area contributed by atoms with Gasteiger partial charge in [0.15, 0.2) is 0 Å². The van der Waals surface area contributed by atoms with Crippen LogP contribution >= 0.6 is 0 Å². The fraction of sp³-hybridized carbons (Fsp3) is 0.143. The van der Waals surface area contributed by atoms with Crippen LogP contribution in [0.2, 0.25) is 0 Å². The van der Waals surface area contributed by atoms with Crippen LogP contribution in [0.4, 0.5) is 8.78 Å². The molecule has 0 aliphatic carbocycles. The molecular weight excluding hydrogens is 298 g/mol. The van der Waals surface area contributed by atoms with Crippen molar-refractivity contribution in [3.05, 3.63) is 65.2 Å². The fourth-order valence-corrected chi connectivity index (χ4v) is 2.91. The smallest absolute Gasteiger partial charge is 0.243 e. The predicted molar refractivity (Wildman–Crippen MR) is 74.7 cm³/mol. The van der Waals surface area contributed by atoms with Gasteiger partial charge in [0.1, 0.15) is 16.5 Å². The highest BCUT2D eigenvalue weighted by Gasteiger charge is 2.19. The summed E-state index contributed by atoms with van der Waals surface area (Å²) in [5, 5.41) is 0. The number of sulfonamides is 1. The molecule has 0 aliphatic heterocycles. The van der Waals surface area contributed by atoms with Crippen molar-refractivity contribution in [2.75, 3.05) is 0 Å². The summed E-state index contributed by atoms with van der Waals surface area (Å²) in [6.45, 7) is 0.297. The maximum atomic E-state index is 13.5. The number of rotatable bonds is 5. The fourth-order valence-electron chi connectivity index (χ4n) is 1.81. The molecule has 112 valence electrons. The molecule has 21 heavy (non-hydrogen) atoms. The van der Waals surface area contributed by atoms with Crippen LogP contribution < -0.4 is 10.5 Å². The molecule has 0 spiro atoms. The number of halogens is 2. The highest BCUT2D eigenvalue weighted by Crippen LogP contribution is 2.16. The summed E-state index contributed by atoms with van der Waals surface area (Å²) in [6.07, 6.45) is 0. The zero-order valence-corrected chi connectivity index (χ0v) is 11.8. The van der Waals surface area contributed by atoms with E-state index < -0.39 is 26.6 Å². The minimum absolute atomic E-state index is 0.0356. The van der Waals surface area contributed by atoms with Gasteiger partial charge >= 0.3 is 0 Å². The largest absolute Gasteiger partial charge is 0.326 e. The summed E-state index contributed by atoms with van der Waals surface area (Å²) in [5.41, 5.74) is 7.03. The first kappa shape index (κ1) is 15.6. The molecule has 0 radical (unpaired) electrons. The summed E-state index contributed by atoms with van der Waals surface area (Å²) < 4.78 is 52.8. The van der Waals surface area contributed by atoms with Crippen LogP contribution in [-0.2, 0) is 23.1 Å². The molecule has 0 unspecified atom stereocenters. The Labute approximate surface area is 121 Å². The Morgan fingerprint density at radius 1 is 1.05 bits per heavy atom. The summed E-state index contributed by atoms with van der Waals surface area (Å²) in [6, 6.07) is 9.29. The van der Waals surface area contributed by atoms with Crippen LogP contribution in [0.5, 0.6) is 0 Å². The molecule has 3 N–H and O–H groups in total. The van der Waals surface area contributed by atoms with Crippen LogP contribution in [-0.4, -0.2) is 8.42 Å². The van der Waals surface area contributed by atoms with Crippen molar-refractivity contribution in [1.29, 1.82) is 0 Å². The monoisotopic (exact) mass is 312 g/mol. The zero-order chi connectivity index (χ0) is 15.5. The van der Waals surface area contributed by atoms with E-state index in [1.165, 1.54) is 0 Å². The third-order valence-corrected chi connectivity index (χ3v) is 4.29. The van der Waals surface area contributed by atoms with Crippen LogP contribution in [0.15, 0.2) is 47.4 Å². The molecule has 2 rings (SSSR count). The molecule has 0 saturated carbocycles. The van der Waals surface area contributed by atoms with E-state index in [4.69, 9.17) is 5.73 Å². The molecular formula is C14H14F2N2O2S.